The number of piperidine rings is 1. The first-order valence-corrected chi connectivity index (χ1v) is 7.08. The fourth-order valence-electron chi connectivity index (χ4n) is 2.70. The topological polar surface area (TPSA) is 85.2 Å². The molecule has 6 heteroatoms. The number of nitrogens with two attached hydrogens (primary N) is 1. The molecule has 1 aliphatic rings. The fourth-order valence-corrected chi connectivity index (χ4v) is 2.70. The number of rotatable bonds is 2. The summed E-state index contributed by atoms with van der Waals surface area (Å²) >= 11 is 0. The third kappa shape index (κ3) is 2.89. The van der Waals surface area contributed by atoms with Gasteiger partial charge < -0.3 is 15.2 Å². The molecule has 110 valence electrons. The molecule has 1 unspecified atom stereocenters. The van der Waals surface area contributed by atoms with Gasteiger partial charge >= 0.3 is 0 Å². The van der Waals surface area contributed by atoms with Crippen molar-refractivity contribution in [2.45, 2.75) is 25.7 Å². The molecule has 0 saturated carbocycles. The number of aromatic nitrogens is 2. The summed E-state index contributed by atoms with van der Waals surface area (Å²) in [5.41, 5.74) is 6.96. The van der Waals surface area contributed by atoms with Crippen LogP contribution in [0.5, 0.6) is 0 Å². The van der Waals surface area contributed by atoms with Crippen molar-refractivity contribution in [2.24, 2.45) is 0 Å². The summed E-state index contributed by atoms with van der Waals surface area (Å²) in [6.45, 7) is 3.15. The number of benzene rings is 1. The van der Waals surface area contributed by atoms with Crippen molar-refractivity contribution in [3.8, 4) is 0 Å². The predicted molar refractivity (Wildman–Crippen MR) is 77.8 cm³/mol. The molecule has 0 radical (unpaired) electrons. The van der Waals surface area contributed by atoms with E-state index in [1.54, 1.807) is 31.2 Å². The largest absolute Gasteiger partial charge is 0.399 e. The third-order valence-corrected chi connectivity index (χ3v) is 3.73. The molecule has 21 heavy (non-hydrogen) atoms. The van der Waals surface area contributed by atoms with Gasteiger partial charge in [0.1, 0.15) is 0 Å². The molecule has 0 aliphatic carbocycles. The van der Waals surface area contributed by atoms with Gasteiger partial charge in [0, 0.05) is 24.3 Å². The van der Waals surface area contributed by atoms with Crippen molar-refractivity contribution in [3.63, 3.8) is 0 Å². The first kappa shape index (κ1) is 13.6. The van der Waals surface area contributed by atoms with E-state index in [9.17, 15) is 4.79 Å². The fraction of sp³-hybridized carbons (Fsp3) is 0.400. The van der Waals surface area contributed by atoms with Crippen LogP contribution in [0.15, 0.2) is 28.8 Å². The number of hydrogen-bond acceptors (Lipinski definition) is 5. The van der Waals surface area contributed by atoms with Crippen LogP contribution in [0.4, 0.5) is 5.69 Å². The zero-order valence-corrected chi connectivity index (χ0v) is 12.0. The molecule has 1 atom stereocenters. The Morgan fingerprint density at radius 1 is 1.48 bits per heavy atom. The van der Waals surface area contributed by atoms with E-state index in [0.717, 1.165) is 19.4 Å². The lowest BCUT2D eigenvalue weighted by molar-refractivity contribution is 0.0695. The lowest BCUT2D eigenvalue weighted by atomic mass is 9.97. The predicted octanol–water partition coefficient (Wildman–Crippen LogP) is 1.98. The third-order valence-electron chi connectivity index (χ3n) is 3.73. The number of aryl methyl sites for hydroxylation is 1. The zero-order valence-electron chi connectivity index (χ0n) is 12.0. The Labute approximate surface area is 122 Å². The minimum atomic E-state index is 0.00300. The summed E-state index contributed by atoms with van der Waals surface area (Å²) in [5, 5.41) is 3.83. The van der Waals surface area contributed by atoms with Gasteiger partial charge in [0.05, 0.1) is 5.92 Å². The van der Waals surface area contributed by atoms with Crippen LogP contribution in [0.2, 0.25) is 0 Å². The first-order valence-electron chi connectivity index (χ1n) is 7.08. The lowest BCUT2D eigenvalue weighted by Gasteiger charge is -2.31. The van der Waals surface area contributed by atoms with Gasteiger partial charge in [-0.2, -0.15) is 4.98 Å². The second-order valence-electron chi connectivity index (χ2n) is 5.40. The number of carbonyl (C=O) groups is 1. The highest BCUT2D eigenvalue weighted by Crippen LogP contribution is 2.26. The molecular formula is C15H18N4O2. The van der Waals surface area contributed by atoms with Crippen LogP contribution in [-0.2, 0) is 0 Å². The molecule has 2 aromatic rings. The van der Waals surface area contributed by atoms with Gasteiger partial charge in [0.15, 0.2) is 5.82 Å². The van der Waals surface area contributed by atoms with Crippen LogP contribution in [0.25, 0.3) is 0 Å². The summed E-state index contributed by atoms with van der Waals surface area (Å²) in [7, 11) is 0. The van der Waals surface area contributed by atoms with Crippen LogP contribution in [0.1, 0.15) is 40.8 Å². The quantitative estimate of drug-likeness (QED) is 0.853. The molecule has 0 bridgehead atoms. The summed E-state index contributed by atoms with van der Waals surface area (Å²) in [6.07, 6.45) is 1.89. The van der Waals surface area contributed by atoms with Gasteiger partial charge in [-0.05, 0) is 38.0 Å². The van der Waals surface area contributed by atoms with Crippen molar-refractivity contribution in [3.05, 3.63) is 41.5 Å². The number of amides is 1. The highest BCUT2D eigenvalue weighted by molar-refractivity contribution is 5.95. The number of carbonyl (C=O) groups excluding carboxylic acids is 1. The molecule has 2 N–H and O–H groups in total. The van der Waals surface area contributed by atoms with E-state index in [1.165, 1.54) is 0 Å². The zero-order chi connectivity index (χ0) is 14.8. The number of likely N-dealkylation sites (tertiary alicyclic amines) is 1. The summed E-state index contributed by atoms with van der Waals surface area (Å²) in [6, 6.07) is 7.07. The molecule has 1 aromatic carbocycles. The maximum atomic E-state index is 12.5. The lowest BCUT2D eigenvalue weighted by Crippen LogP contribution is -2.39. The average Bonchev–Trinajstić information content (AvgIpc) is 2.93. The van der Waals surface area contributed by atoms with Crippen LogP contribution in [0.3, 0.4) is 0 Å². The SMILES string of the molecule is Cc1noc(C2CCCN(C(=O)c3cccc(N)c3)C2)n1. The highest BCUT2D eigenvalue weighted by Gasteiger charge is 2.28. The second-order valence-corrected chi connectivity index (χ2v) is 5.40. The van der Waals surface area contributed by atoms with Gasteiger partial charge in [-0.3, -0.25) is 4.79 Å². The maximum Gasteiger partial charge on any atom is 0.253 e. The van der Waals surface area contributed by atoms with E-state index in [1.807, 2.05) is 4.90 Å². The van der Waals surface area contributed by atoms with E-state index in [2.05, 4.69) is 10.1 Å². The van der Waals surface area contributed by atoms with E-state index >= 15 is 0 Å². The molecule has 2 heterocycles. The number of hydrogen-bond donors (Lipinski definition) is 1. The Bertz CT molecular complexity index is 653. The average molecular weight is 286 g/mol. The maximum absolute atomic E-state index is 12.5. The van der Waals surface area contributed by atoms with Crippen molar-refractivity contribution >= 4 is 11.6 Å². The molecule has 0 spiro atoms. The molecule has 1 saturated heterocycles. The van der Waals surface area contributed by atoms with E-state index in [-0.39, 0.29) is 11.8 Å². The Hall–Kier alpha value is -2.37. The minimum Gasteiger partial charge on any atom is -0.399 e. The summed E-state index contributed by atoms with van der Waals surface area (Å²) < 4.78 is 5.24. The van der Waals surface area contributed by atoms with Crippen molar-refractivity contribution < 1.29 is 9.32 Å². The monoisotopic (exact) mass is 286 g/mol. The van der Waals surface area contributed by atoms with Crippen LogP contribution < -0.4 is 5.73 Å². The molecular weight excluding hydrogens is 268 g/mol. The second kappa shape index (κ2) is 5.55. The number of nitrogen functional groups attached to an aromatic ring is 1. The molecule has 1 fully saturated rings. The summed E-state index contributed by atoms with van der Waals surface area (Å²) in [5.74, 6) is 1.37. The van der Waals surface area contributed by atoms with E-state index in [4.69, 9.17) is 10.3 Å². The standard InChI is InChI=1S/C15H18N4O2/c1-10-17-14(21-18-10)12-5-3-7-19(9-12)15(20)11-4-2-6-13(16)8-11/h2,4,6,8,12H,3,5,7,9,16H2,1H3. The van der Waals surface area contributed by atoms with Crippen molar-refractivity contribution in [1.29, 1.82) is 0 Å². The molecule has 1 aromatic heterocycles. The Morgan fingerprint density at radius 2 is 2.33 bits per heavy atom. The molecule has 6 nitrogen and oxygen atoms in total. The van der Waals surface area contributed by atoms with Gasteiger partial charge in [-0.1, -0.05) is 11.2 Å². The number of nitrogens with zero attached hydrogens (tertiary/aromatic N) is 3. The smallest absolute Gasteiger partial charge is 0.253 e. The first-order chi connectivity index (χ1) is 10.1. The van der Waals surface area contributed by atoms with Crippen LogP contribution in [0, 0.1) is 6.92 Å². The molecule has 1 amide bonds. The van der Waals surface area contributed by atoms with Crippen molar-refractivity contribution in [2.75, 3.05) is 18.8 Å². The Morgan fingerprint density at radius 3 is 3.05 bits per heavy atom. The molecule has 1 aliphatic heterocycles. The van der Waals surface area contributed by atoms with Gasteiger partial charge in [0.25, 0.3) is 5.91 Å². The minimum absolute atomic E-state index is 0.00300. The van der Waals surface area contributed by atoms with E-state index in [0.29, 0.717) is 29.5 Å². The van der Waals surface area contributed by atoms with Gasteiger partial charge in [-0.25, -0.2) is 0 Å². The Kier molecular flexibility index (Phi) is 3.60. The Balaban J connectivity index is 1.75. The highest BCUT2D eigenvalue weighted by atomic mass is 16.5. The van der Waals surface area contributed by atoms with Crippen LogP contribution in [-0.4, -0.2) is 34.0 Å². The molecule has 3 rings (SSSR count). The van der Waals surface area contributed by atoms with Crippen molar-refractivity contribution in [1.82, 2.24) is 15.0 Å². The van der Waals surface area contributed by atoms with Crippen LogP contribution >= 0.6 is 0 Å². The normalized spacial score (nSPS) is 18.7. The van der Waals surface area contributed by atoms with Gasteiger partial charge in [0.2, 0.25) is 5.89 Å². The van der Waals surface area contributed by atoms with Gasteiger partial charge in [-0.15, -0.1) is 0 Å². The number of anilines is 1. The summed E-state index contributed by atoms with van der Waals surface area (Å²) in [4.78, 5) is 18.7. The van der Waals surface area contributed by atoms with E-state index < -0.39 is 0 Å².